The maximum Gasteiger partial charge on any atom is 0.269 e. The van der Waals surface area contributed by atoms with Crippen LogP contribution in [0.1, 0.15) is 24.3 Å². The lowest BCUT2D eigenvalue weighted by Gasteiger charge is -2.43. The van der Waals surface area contributed by atoms with Crippen LogP contribution in [0.25, 0.3) is 0 Å². The molecule has 1 saturated heterocycles. The second kappa shape index (κ2) is 6.41. The molecule has 1 fully saturated rings. The van der Waals surface area contributed by atoms with Crippen molar-refractivity contribution in [2.75, 3.05) is 45.5 Å². The molecule has 0 saturated carbocycles. The molecule has 1 aromatic heterocycles. The van der Waals surface area contributed by atoms with E-state index in [4.69, 9.17) is 5.73 Å². The number of nitrogens with two attached hydrogens (primary N) is 1. The number of piperazine rings is 1. The lowest BCUT2D eigenvalue weighted by Crippen LogP contribution is -2.57. The molecule has 3 N–H and O–H groups in total. The summed E-state index contributed by atoms with van der Waals surface area (Å²) < 4.78 is 0. The number of hydrogen-bond acceptors (Lipinski definition) is 5. The lowest BCUT2D eigenvalue weighted by atomic mass is 10.0. The molecular weight excluding hydrogens is 266 g/mol. The Labute approximate surface area is 126 Å². The molecule has 0 radical (unpaired) electrons. The third-order valence-corrected chi connectivity index (χ3v) is 4.06. The van der Waals surface area contributed by atoms with Crippen molar-refractivity contribution in [2.45, 2.75) is 19.4 Å². The van der Waals surface area contributed by atoms with Crippen LogP contribution in [0.15, 0.2) is 18.3 Å². The zero-order valence-electron chi connectivity index (χ0n) is 13.1. The number of carbonyl (C=O) groups excluding carboxylic acids is 1. The molecule has 1 aliphatic heterocycles. The molecular formula is C15H25N5O. The molecule has 21 heavy (non-hydrogen) atoms. The van der Waals surface area contributed by atoms with Crippen molar-refractivity contribution in [1.29, 1.82) is 0 Å². The van der Waals surface area contributed by atoms with Gasteiger partial charge in [-0.2, -0.15) is 0 Å². The molecule has 0 aliphatic carbocycles. The zero-order valence-corrected chi connectivity index (χ0v) is 13.1. The van der Waals surface area contributed by atoms with Gasteiger partial charge in [0.1, 0.15) is 5.69 Å². The van der Waals surface area contributed by atoms with Crippen LogP contribution in [-0.2, 0) is 0 Å². The second-order valence-electron chi connectivity index (χ2n) is 6.26. The molecule has 0 unspecified atom stereocenters. The van der Waals surface area contributed by atoms with Crippen LogP contribution >= 0.6 is 0 Å². The normalized spacial score (nSPS) is 17.7. The van der Waals surface area contributed by atoms with Gasteiger partial charge in [0.15, 0.2) is 0 Å². The Hall–Kier alpha value is -1.66. The number of likely N-dealkylation sites (N-methyl/N-ethyl adjacent to an activating group) is 1. The smallest absolute Gasteiger partial charge is 0.269 e. The summed E-state index contributed by atoms with van der Waals surface area (Å²) >= 11 is 0. The first-order valence-electron chi connectivity index (χ1n) is 7.32. The SMILES string of the molecule is CN1CCN(C(C)(C)CNC(=O)c2ccc(N)cn2)CC1. The van der Waals surface area contributed by atoms with Crippen molar-refractivity contribution in [3.63, 3.8) is 0 Å². The fourth-order valence-electron chi connectivity index (χ4n) is 2.45. The first-order valence-corrected chi connectivity index (χ1v) is 7.32. The van der Waals surface area contributed by atoms with E-state index in [2.05, 4.69) is 41.0 Å². The Morgan fingerprint density at radius 3 is 2.57 bits per heavy atom. The largest absolute Gasteiger partial charge is 0.397 e. The van der Waals surface area contributed by atoms with E-state index < -0.39 is 0 Å². The second-order valence-corrected chi connectivity index (χ2v) is 6.26. The summed E-state index contributed by atoms with van der Waals surface area (Å²) in [7, 11) is 2.14. The fraction of sp³-hybridized carbons (Fsp3) is 0.600. The highest BCUT2D eigenvalue weighted by Gasteiger charge is 2.29. The van der Waals surface area contributed by atoms with Gasteiger partial charge in [0.05, 0.1) is 11.9 Å². The monoisotopic (exact) mass is 291 g/mol. The summed E-state index contributed by atoms with van der Waals surface area (Å²) in [6.45, 7) is 9.11. The van der Waals surface area contributed by atoms with Gasteiger partial charge < -0.3 is 16.0 Å². The predicted molar refractivity (Wildman–Crippen MR) is 84.1 cm³/mol. The number of nitrogens with zero attached hydrogens (tertiary/aromatic N) is 3. The molecule has 0 bridgehead atoms. The van der Waals surface area contributed by atoms with Gasteiger partial charge in [-0.1, -0.05) is 0 Å². The summed E-state index contributed by atoms with van der Waals surface area (Å²) in [5.41, 5.74) is 6.47. The summed E-state index contributed by atoms with van der Waals surface area (Å²) in [4.78, 5) is 20.9. The van der Waals surface area contributed by atoms with Crippen LogP contribution in [0.4, 0.5) is 5.69 Å². The summed E-state index contributed by atoms with van der Waals surface area (Å²) in [6, 6.07) is 3.33. The van der Waals surface area contributed by atoms with Crippen molar-refractivity contribution in [2.24, 2.45) is 0 Å². The van der Waals surface area contributed by atoms with Gasteiger partial charge in [0.2, 0.25) is 0 Å². The average molecular weight is 291 g/mol. The van der Waals surface area contributed by atoms with Gasteiger partial charge in [-0.15, -0.1) is 0 Å². The summed E-state index contributed by atoms with van der Waals surface area (Å²) in [5, 5.41) is 2.97. The van der Waals surface area contributed by atoms with Gasteiger partial charge in [0, 0.05) is 38.3 Å². The Morgan fingerprint density at radius 2 is 2.00 bits per heavy atom. The topological polar surface area (TPSA) is 74.5 Å². The number of anilines is 1. The first kappa shape index (κ1) is 15.7. The minimum atomic E-state index is -0.155. The highest BCUT2D eigenvalue weighted by Crippen LogP contribution is 2.15. The highest BCUT2D eigenvalue weighted by atomic mass is 16.1. The number of hydrogen-bond donors (Lipinski definition) is 2. The van der Waals surface area contributed by atoms with E-state index in [1.165, 1.54) is 6.20 Å². The first-order chi connectivity index (χ1) is 9.88. The van der Waals surface area contributed by atoms with Crippen molar-refractivity contribution >= 4 is 11.6 Å². The van der Waals surface area contributed by atoms with E-state index in [0.717, 1.165) is 26.2 Å². The molecule has 0 atom stereocenters. The van der Waals surface area contributed by atoms with Crippen LogP contribution in [0.5, 0.6) is 0 Å². The number of carbonyl (C=O) groups is 1. The molecule has 2 rings (SSSR count). The third-order valence-electron chi connectivity index (χ3n) is 4.06. The van der Waals surface area contributed by atoms with E-state index in [-0.39, 0.29) is 11.4 Å². The Morgan fingerprint density at radius 1 is 1.33 bits per heavy atom. The molecule has 116 valence electrons. The van der Waals surface area contributed by atoms with Crippen molar-refractivity contribution in [3.05, 3.63) is 24.0 Å². The maximum atomic E-state index is 12.1. The minimum Gasteiger partial charge on any atom is -0.397 e. The summed E-state index contributed by atoms with van der Waals surface area (Å²) in [6.07, 6.45) is 1.50. The number of nitrogens with one attached hydrogen (secondary N) is 1. The number of aromatic nitrogens is 1. The molecule has 2 heterocycles. The number of nitrogen functional groups attached to an aromatic ring is 1. The minimum absolute atomic E-state index is 0.0648. The predicted octanol–water partition coefficient (Wildman–Crippen LogP) is 0.420. The van der Waals surface area contributed by atoms with Gasteiger partial charge in [0.25, 0.3) is 5.91 Å². The Balaban J connectivity index is 1.88. The standard InChI is InChI=1S/C15H25N5O/c1-15(2,20-8-6-19(3)7-9-20)11-18-14(21)13-5-4-12(16)10-17-13/h4-5,10H,6-9,11,16H2,1-3H3,(H,18,21). The van der Waals surface area contributed by atoms with Crippen LogP contribution < -0.4 is 11.1 Å². The third kappa shape index (κ3) is 4.15. The van der Waals surface area contributed by atoms with E-state index in [9.17, 15) is 4.79 Å². The molecule has 0 spiro atoms. The van der Waals surface area contributed by atoms with E-state index in [0.29, 0.717) is 17.9 Å². The maximum absolute atomic E-state index is 12.1. The molecule has 1 aliphatic rings. The van der Waals surface area contributed by atoms with E-state index in [1.54, 1.807) is 12.1 Å². The molecule has 0 aromatic carbocycles. The van der Waals surface area contributed by atoms with E-state index >= 15 is 0 Å². The van der Waals surface area contributed by atoms with Gasteiger partial charge in [-0.3, -0.25) is 9.69 Å². The molecule has 1 aromatic rings. The molecule has 6 nitrogen and oxygen atoms in total. The average Bonchev–Trinajstić information content (AvgIpc) is 2.46. The van der Waals surface area contributed by atoms with Gasteiger partial charge in [-0.05, 0) is 33.0 Å². The van der Waals surface area contributed by atoms with Crippen LogP contribution in [0.2, 0.25) is 0 Å². The Bertz CT molecular complexity index is 477. The number of pyridine rings is 1. The van der Waals surface area contributed by atoms with E-state index in [1.807, 2.05) is 0 Å². The van der Waals surface area contributed by atoms with Crippen molar-refractivity contribution < 1.29 is 4.79 Å². The van der Waals surface area contributed by atoms with Crippen molar-refractivity contribution in [1.82, 2.24) is 20.1 Å². The number of rotatable bonds is 4. The fourth-order valence-corrected chi connectivity index (χ4v) is 2.45. The summed E-state index contributed by atoms with van der Waals surface area (Å²) in [5.74, 6) is -0.155. The lowest BCUT2D eigenvalue weighted by molar-refractivity contribution is 0.0587. The highest BCUT2D eigenvalue weighted by molar-refractivity contribution is 5.92. The van der Waals surface area contributed by atoms with Crippen LogP contribution in [0, 0.1) is 0 Å². The Kier molecular flexibility index (Phi) is 4.80. The van der Waals surface area contributed by atoms with Crippen LogP contribution in [-0.4, -0.2) is 66.0 Å². The van der Waals surface area contributed by atoms with Crippen molar-refractivity contribution in [3.8, 4) is 0 Å². The van der Waals surface area contributed by atoms with Gasteiger partial charge in [-0.25, -0.2) is 4.98 Å². The molecule has 6 heteroatoms. The van der Waals surface area contributed by atoms with Gasteiger partial charge >= 0.3 is 0 Å². The van der Waals surface area contributed by atoms with Crippen LogP contribution in [0.3, 0.4) is 0 Å². The number of amides is 1. The zero-order chi connectivity index (χ0) is 15.5. The quantitative estimate of drug-likeness (QED) is 0.841. The molecule has 1 amide bonds.